The number of unbranched alkanes of at least 4 members (excludes halogenated alkanes) is 3. The van der Waals surface area contributed by atoms with Gasteiger partial charge < -0.3 is 20.1 Å². The summed E-state index contributed by atoms with van der Waals surface area (Å²) < 4.78 is 15.1. The smallest absolute Gasteiger partial charge is 0.419 e. The molecule has 2 aliphatic rings. The Morgan fingerprint density at radius 3 is 2.49 bits per heavy atom. The van der Waals surface area contributed by atoms with Gasteiger partial charge in [0, 0.05) is 79.5 Å². The average Bonchev–Trinajstić information content (AvgIpc) is 3.97. The van der Waals surface area contributed by atoms with Crippen LogP contribution in [0.1, 0.15) is 121 Å². The van der Waals surface area contributed by atoms with Crippen LogP contribution < -0.4 is 10.6 Å². The molecule has 1 unspecified atom stereocenters. The molecule has 2 N–H and O–H groups in total. The number of carbonyl (C=O) groups is 5. The third kappa shape index (κ3) is 11.9. The summed E-state index contributed by atoms with van der Waals surface area (Å²) in [6.07, 6.45) is 6.88. The fourth-order valence-corrected chi connectivity index (χ4v) is 9.53. The van der Waals surface area contributed by atoms with Crippen LogP contribution in [-0.2, 0) is 25.6 Å². The molecule has 7 rings (SSSR count). The molecule has 2 aliphatic heterocycles. The van der Waals surface area contributed by atoms with Crippen LogP contribution in [0, 0.1) is 25.7 Å². The second-order valence-corrected chi connectivity index (χ2v) is 25.9. The standard InChI is InChI=1S/C52H66N8O7Si/c1-34-36(18-15-19-39(34)49(63)54-41-23-24-47(61)58(50(41)64)33-66-27-28-68(7,8)9)17-13-11-10-12-14-26-59-44-29-37(21-22-40(44)35(2)56-59)48(62)55-46-31-43-38(32-53-46)30-45(42-20-16-25-57(42)6)60(43)51(65)67-52(3,4)5/h15,18-19,21-22,29-32,41-42H,10-12,14,16,20,23-28,33H2,1-9H3,(H,54,63)(H,53,55,62)/t41?,42-/m1/s1. The number of hydrogen-bond acceptors (Lipinski definition) is 10. The van der Waals surface area contributed by atoms with Crippen LogP contribution in [0.3, 0.4) is 0 Å². The van der Waals surface area contributed by atoms with E-state index in [1.165, 1.54) is 0 Å². The number of fused-ring (bicyclic) bond motifs is 2. The van der Waals surface area contributed by atoms with E-state index < -0.39 is 31.7 Å². The van der Waals surface area contributed by atoms with Crippen LogP contribution >= 0.6 is 0 Å². The lowest BCUT2D eigenvalue weighted by molar-refractivity contribution is -0.156. The molecule has 2 aromatic carbocycles. The summed E-state index contributed by atoms with van der Waals surface area (Å²) in [5.41, 5.74) is 4.89. The van der Waals surface area contributed by atoms with Gasteiger partial charge in [-0.2, -0.15) is 5.10 Å². The van der Waals surface area contributed by atoms with E-state index in [2.05, 4.69) is 59.0 Å². The molecule has 15 nitrogen and oxygen atoms in total. The SMILES string of the molecule is Cc1c(C#CCCCCCn2nc(C)c3ccc(C(=O)Nc4cc5c(cn4)cc([C@H]4CCCN4C)n5C(=O)OC(C)(C)C)cc32)cccc1C(=O)NC1CCC(=O)N(COCC[Si](C)(C)C)C1=O. The molecule has 0 spiro atoms. The highest BCUT2D eigenvalue weighted by molar-refractivity contribution is 6.76. The van der Waals surface area contributed by atoms with Crippen LogP contribution in [0.5, 0.6) is 0 Å². The summed E-state index contributed by atoms with van der Waals surface area (Å²) in [5, 5.41) is 12.4. The zero-order chi connectivity index (χ0) is 48.9. The van der Waals surface area contributed by atoms with Crippen molar-refractivity contribution in [2.45, 2.75) is 136 Å². The lowest BCUT2D eigenvalue weighted by atomic mass is 10.00. The summed E-state index contributed by atoms with van der Waals surface area (Å²) in [4.78, 5) is 74.5. The summed E-state index contributed by atoms with van der Waals surface area (Å²) in [6.45, 7) is 18.0. The zero-order valence-corrected chi connectivity index (χ0v) is 42.1. The minimum atomic E-state index is -1.32. The van der Waals surface area contributed by atoms with E-state index in [4.69, 9.17) is 14.6 Å². The number of ether oxygens (including phenoxy) is 2. The molecule has 5 aromatic rings. The van der Waals surface area contributed by atoms with E-state index >= 15 is 0 Å². The number of rotatable bonds is 15. The third-order valence-corrected chi connectivity index (χ3v) is 14.3. The molecule has 0 aliphatic carbocycles. The largest absolute Gasteiger partial charge is 0.443 e. The van der Waals surface area contributed by atoms with Crippen molar-refractivity contribution < 1.29 is 33.4 Å². The predicted octanol–water partition coefficient (Wildman–Crippen LogP) is 8.98. The number of pyridine rings is 1. The lowest BCUT2D eigenvalue weighted by Crippen LogP contribution is -2.55. The molecule has 68 heavy (non-hydrogen) atoms. The second kappa shape index (κ2) is 21.0. The van der Waals surface area contributed by atoms with Crippen molar-refractivity contribution in [3.8, 4) is 11.8 Å². The molecule has 2 saturated heterocycles. The maximum Gasteiger partial charge on any atom is 0.419 e. The maximum absolute atomic E-state index is 13.7. The third-order valence-electron chi connectivity index (χ3n) is 12.6. The number of benzene rings is 2. The first-order valence-electron chi connectivity index (χ1n) is 23.8. The Morgan fingerprint density at radius 2 is 1.75 bits per heavy atom. The molecule has 2 atom stereocenters. The van der Waals surface area contributed by atoms with Gasteiger partial charge in [-0.05, 0) is 122 Å². The number of hydrogen-bond donors (Lipinski definition) is 2. The highest BCUT2D eigenvalue weighted by Gasteiger charge is 2.36. The number of piperidine rings is 1. The molecule has 0 radical (unpaired) electrons. The van der Waals surface area contributed by atoms with Crippen molar-refractivity contribution >= 4 is 65.4 Å². The van der Waals surface area contributed by atoms with Gasteiger partial charge in [-0.1, -0.05) is 50.0 Å². The molecule has 5 heterocycles. The van der Waals surface area contributed by atoms with Crippen LogP contribution in [-0.4, -0.2) is 106 Å². The number of aryl methyl sites for hydroxylation is 2. The van der Waals surface area contributed by atoms with Crippen LogP contribution in [0.15, 0.2) is 54.7 Å². The zero-order valence-electron chi connectivity index (χ0n) is 41.1. The van der Waals surface area contributed by atoms with Crippen molar-refractivity contribution in [1.82, 2.24) is 34.4 Å². The van der Waals surface area contributed by atoms with Crippen molar-refractivity contribution in [1.29, 1.82) is 0 Å². The number of likely N-dealkylation sites (tertiary alicyclic amines) is 2. The molecular weight excluding hydrogens is 877 g/mol. The normalized spacial score (nSPS) is 16.9. The Kier molecular flexibility index (Phi) is 15.4. The fraction of sp³-hybridized carbons (Fsp3) is 0.481. The Bertz CT molecular complexity index is 2790. The van der Waals surface area contributed by atoms with Crippen molar-refractivity contribution in [2.24, 2.45) is 0 Å². The number of amides is 4. The number of aromatic nitrogens is 4. The number of carbonyl (C=O) groups excluding carboxylic acids is 5. The summed E-state index contributed by atoms with van der Waals surface area (Å²) in [6, 6.07) is 14.9. The Morgan fingerprint density at radius 1 is 0.956 bits per heavy atom. The first-order valence-corrected chi connectivity index (χ1v) is 27.5. The maximum atomic E-state index is 13.7. The van der Waals surface area contributed by atoms with E-state index in [9.17, 15) is 24.0 Å². The van der Waals surface area contributed by atoms with Crippen LogP contribution in [0.25, 0.3) is 21.8 Å². The van der Waals surface area contributed by atoms with E-state index in [1.807, 2.05) is 63.6 Å². The van der Waals surface area contributed by atoms with Crippen molar-refractivity contribution in [2.75, 3.05) is 32.2 Å². The molecular formula is C52H66N8O7Si. The van der Waals surface area contributed by atoms with E-state index in [0.717, 1.165) is 88.4 Å². The highest BCUT2D eigenvalue weighted by Crippen LogP contribution is 2.35. The molecule has 2 fully saturated rings. The van der Waals surface area contributed by atoms with Gasteiger partial charge in [0.25, 0.3) is 17.7 Å². The first-order chi connectivity index (χ1) is 32.3. The van der Waals surface area contributed by atoms with E-state index in [1.54, 1.807) is 35.0 Å². The monoisotopic (exact) mass is 942 g/mol. The van der Waals surface area contributed by atoms with E-state index in [-0.39, 0.29) is 43.3 Å². The molecule has 16 heteroatoms. The van der Waals surface area contributed by atoms with Crippen molar-refractivity contribution in [3.05, 3.63) is 88.4 Å². The van der Waals surface area contributed by atoms with Crippen LogP contribution in [0.4, 0.5) is 10.6 Å². The molecule has 4 amide bonds. The quantitative estimate of drug-likeness (QED) is 0.0447. The first kappa shape index (κ1) is 49.7. The van der Waals surface area contributed by atoms with Gasteiger partial charge >= 0.3 is 6.09 Å². The Hall–Kier alpha value is -6.15. The van der Waals surface area contributed by atoms with Gasteiger partial charge in [-0.25, -0.2) is 14.3 Å². The predicted molar refractivity (Wildman–Crippen MR) is 266 cm³/mol. The lowest BCUT2D eigenvalue weighted by Gasteiger charge is -2.31. The average molecular weight is 943 g/mol. The molecule has 360 valence electrons. The molecule has 3 aromatic heterocycles. The number of anilines is 1. The van der Waals surface area contributed by atoms with Gasteiger partial charge in [0.15, 0.2) is 0 Å². The highest BCUT2D eigenvalue weighted by atomic mass is 28.3. The number of nitrogens with zero attached hydrogens (tertiary/aromatic N) is 6. The fourth-order valence-electron chi connectivity index (χ4n) is 8.78. The van der Waals surface area contributed by atoms with Gasteiger partial charge in [0.1, 0.15) is 24.2 Å². The molecule has 0 bridgehead atoms. The Labute approximate surface area is 400 Å². The topological polar surface area (TPSA) is 170 Å². The summed E-state index contributed by atoms with van der Waals surface area (Å²) in [5.74, 6) is 5.39. The number of imide groups is 1. The summed E-state index contributed by atoms with van der Waals surface area (Å²) in [7, 11) is 0.738. The summed E-state index contributed by atoms with van der Waals surface area (Å²) >= 11 is 0. The molecule has 0 saturated carbocycles. The van der Waals surface area contributed by atoms with E-state index in [0.29, 0.717) is 42.0 Å². The van der Waals surface area contributed by atoms with Crippen molar-refractivity contribution in [3.63, 3.8) is 0 Å². The van der Waals surface area contributed by atoms with Gasteiger partial charge in [-0.3, -0.25) is 33.7 Å². The minimum absolute atomic E-state index is 0.0602. The van der Waals surface area contributed by atoms with Gasteiger partial charge in [0.2, 0.25) is 5.91 Å². The van der Waals surface area contributed by atoms with Gasteiger partial charge in [-0.15, -0.1) is 0 Å². The number of nitrogens with one attached hydrogen (secondary N) is 2. The Balaban J connectivity index is 0.932. The second-order valence-electron chi connectivity index (χ2n) is 20.3. The van der Waals surface area contributed by atoms with Gasteiger partial charge in [0.05, 0.1) is 22.8 Å². The van der Waals surface area contributed by atoms with Crippen LogP contribution in [0.2, 0.25) is 25.7 Å². The minimum Gasteiger partial charge on any atom is -0.443 e.